The molecule has 0 fully saturated rings. The third kappa shape index (κ3) is 6.12. The second-order valence-corrected chi connectivity index (χ2v) is 11.8. The molecule has 0 aliphatic rings. The Morgan fingerprint density at radius 3 is 2.18 bits per heavy atom. The summed E-state index contributed by atoms with van der Waals surface area (Å²) in [7, 11) is -3.99. The molecule has 0 saturated carbocycles. The number of nitrogens with one attached hydrogen (secondary N) is 1. The number of aryl methyl sites for hydroxylation is 5. The maximum Gasteiger partial charge on any atom is 0.264 e. The average Bonchev–Trinajstić information content (AvgIpc) is 3.15. The zero-order chi connectivity index (χ0) is 28.3. The Hall–Kier alpha value is -4.17. The van der Waals surface area contributed by atoms with Gasteiger partial charge >= 0.3 is 0 Å². The number of hydrogen-bond donors (Lipinski definition) is 1. The number of hydrogen-bond acceptors (Lipinski definition) is 4. The van der Waals surface area contributed by atoms with Crippen LogP contribution in [-0.4, -0.2) is 31.7 Å². The zero-order valence-corrected chi connectivity index (χ0v) is 24.0. The quantitative estimate of drug-likeness (QED) is 0.230. The number of carbonyl (C=O) groups excluding carboxylic acids is 1. The summed E-state index contributed by atoms with van der Waals surface area (Å²) < 4.78 is 30.4. The lowest BCUT2D eigenvalue weighted by Gasteiger charge is -2.25. The van der Waals surface area contributed by atoms with Crippen molar-refractivity contribution in [3.63, 3.8) is 0 Å². The number of benzene rings is 3. The normalized spacial score (nSPS) is 11.6. The molecular formula is C31H34N4O3S. The molecule has 39 heavy (non-hydrogen) atoms. The topological polar surface area (TPSA) is 83.8 Å². The second kappa shape index (κ2) is 11.3. The van der Waals surface area contributed by atoms with Crippen molar-refractivity contribution in [1.82, 2.24) is 9.99 Å². The van der Waals surface area contributed by atoms with E-state index in [1.54, 1.807) is 30.5 Å². The Bertz CT molecular complexity index is 1630. The Kier molecular flexibility index (Phi) is 8.06. The summed E-state index contributed by atoms with van der Waals surface area (Å²) in [5.74, 6) is -0.547. The molecule has 0 radical (unpaired) electrons. The Labute approximate surface area is 230 Å². The molecule has 4 aromatic rings. The fourth-order valence-electron chi connectivity index (χ4n) is 4.84. The van der Waals surface area contributed by atoms with Gasteiger partial charge in [0, 0.05) is 22.6 Å². The minimum Gasteiger partial charge on any atom is -0.318 e. The molecule has 1 amide bonds. The molecule has 0 unspecified atom stereocenters. The molecular weight excluding hydrogens is 508 g/mol. The third-order valence-corrected chi connectivity index (χ3v) is 8.34. The predicted octanol–water partition coefficient (Wildman–Crippen LogP) is 5.67. The van der Waals surface area contributed by atoms with Gasteiger partial charge in [-0.1, -0.05) is 42.0 Å². The van der Waals surface area contributed by atoms with Gasteiger partial charge in [0.2, 0.25) is 0 Å². The fourth-order valence-corrected chi connectivity index (χ4v) is 6.35. The summed E-state index contributed by atoms with van der Waals surface area (Å²) in [5.41, 5.74) is 11.0. The molecule has 1 heterocycles. The molecule has 0 saturated heterocycles. The first kappa shape index (κ1) is 27.9. The van der Waals surface area contributed by atoms with Crippen LogP contribution in [0.4, 0.5) is 5.69 Å². The molecule has 1 aromatic heterocycles. The first-order chi connectivity index (χ1) is 18.5. The highest BCUT2D eigenvalue weighted by molar-refractivity contribution is 7.92. The number of rotatable bonds is 8. The first-order valence-corrected chi connectivity index (χ1v) is 14.2. The number of carbonyl (C=O) groups is 1. The molecule has 0 aliphatic heterocycles. The van der Waals surface area contributed by atoms with Crippen LogP contribution >= 0.6 is 0 Å². The van der Waals surface area contributed by atoms with Crippen LogP contribution in [0.15, 0.2) is 82.8 Å². The van der Waals surface area contributed by atoms with Crippen LogP contribution in [0.5, 0.6) is 0 Å². The van der Waals surface area contributed by atoms with E-state index in [4.69, 9.17) is 0 Å². The maximum absolute atomic E-state index is 13.6. The van der Waals surface area contributed by atoms with Gasteiger partial charge in [-0.25, -0.2) is 13.8 Å². The van der Waals surface area contributed by atoms with E-state index in [1.165, 1.54) is 23.3 Å². The van der Waals surface area contributed by atoms with Crippen LogP contribution in [0.3, 0.4) is 0 Å². The maximum atomic E-state index is 13.6. The fraction of sp³-hybridized carbons (Fsp3) is 0.226. The molecule has 8 heteroatoms. The summed E-state index contributed by atoms with van der Waals surface area (Å²) in [6.07, 6.45) is 1.59. The largest absolute Gasteiger partial charge is 0.318 e. The highest BCUT2D eigenvalue weighted by Gasteiger charge is 2.28. The summed E-state index contributed by atoms with van der Waals surface area (Å²) in [6, 6.07) is 22.0. The second-order valence-electron chi connectivity index (χ2n) is 9.92. The van der Waals surface area contributed by atoms with E-state index < -0.39 is 22.5 Å². The van der Waals surface area contributed by atoms with Gasteiger partial charge in [-0.2, -0.15) is 5.10 Å². The molecule has 1 N–H and O–H groups in total. The van der Waals surface area contributed by atoms with Gasteiger partial charge in [0.15, 0.2) is 0 Å². The molecule has 0 spiro atoms. The molecule has 0 atom stereocenters. The van der Waals surface area contributed by atoms with Crippen molar-refractivity contribution in [2.45, 2.75) is 46.4 Å². The standard InChI is InChI=1S/C31H34N4O3S/c1-21-12-13-30(24(4)15-21)34(39(37,38)29-10-8-7-9-11-29)20-31(36)33-32-19-27-18-25(5)35(26(27)6)28-16-22(2)14-23(3)17-28/h7-19H,20H2,1-6H3,(H,33,36)/b32-19+. The van der Waals surface area contributed by atoms with Crippen molar-refractivity contribution < 1.29 is 13.2 Å². The van der Waals surface area contributed by atoms with Gasteiger partial charge in [0.1, 0.15) is 6.54 Å². The van der Waals surface area contributed by atoms with Crippen molar-refractivity contribution in [2.75, 3.05) is 10.8 Å². The lowest BCUT2D eigenvalue weighted by atomic mass is 10.1. The van der Waals surface area contributed by atoms with Gasteiger partial charge in [-0.3, -0.25) is 9.10 Å². The van der Waals surface area contributed by atoms with E-state index in [9.17, 15) is 13.2 Å². The molecule has 7 nitrogen and oxygen atoms in total. The third-order valence-electron chi connectivity index (χ3n) is 6.57. The van der Waals surface area contributed by atoms with E-state index in [1.807, 2.05) is 45.9 Å². The summed E-state index contributed by atoms with van der Waals surface area (Å²) in [4.78, 5) is 13.1. The van der Waals surface area contributed by atoms with Crippen LogP contribution in [0.25, 0.3) is 5.69 Å². The lowest BCUT2D eigenvalue weighted by molar-refractivity contribution is -0.119. The molecule has 3 aromatic carbocycles. The minimum atomic E-state index is -3.99. The van der Waals surface area contributed by atoms with E-state index in [0.29, 0.717) is 5.69 Å². The summed E-state index contributed by atoms with van der Waals surface area (Å²) in [6.45, 7) is 11.5. The number of aromatic nitrogens is 1. The Balaban J connectivity index is 1.58. The van der Waals surface area contributed by atoms with Crippen LogP contribution in [0.2, 0.25) is 0 Å². The van der Waals surface area contributed by atoms with E-state index in [0.717, 1.165) is 38.1 Å². The van der Waals surface area contributed by atoms with Crippen molar-refractivity contribution in [3.8, 4) is 5.69 Å². The highest BCUT2D eigenvalue weighted by Crippen LogP contribution is 2.27. The molecule has 0 aliphatic carbocycles. The minimum absolute atomic E-state index is 0.111. The number of amides is 1. The molecule has 202 valence electrons. The Morgan fingerprint density at radius 1 is 0.872 bits per heavy atom. The molecule has 4 rings (SSSR count). The highest BCUT2D eigenvalue weighted by atomic mass is 32.2. The summed E-state index contributed by atoms with van der Waals surface area (Å²) >= 11 is 0. The van der Waals surface area contributed by atoms with Crippen LogP contribution < -0.4 is 9.73 Å². The number of nitrogens with zero attached hydrogens (tertiary/aromatic N) is 3. The van der Waals surface area contributed by atoms with Crippen molar-refractivity contribution >= 4 is 27.8 Å². The van der Waals surface area contributed by atoms with E-state index in [2.05, 4.69) is 47.1 Å². The first-order valence-electron chi connectivity index (χ1n) is 12.7. The van der Waals surface area contributed by atoms with Gasteiger partial charge in [-0.05, 0) is 94.6 Å². The van der Waals surface area contributed by atoms with Crippen molar-refractivity contribution in [3.05, 3.63) is 112 Å². The zero-order valence-electron chi connectivity index (χ0n) is 23.2. The SMILES string of the molecule is Cc1cc(C)cc(-n2c(C)cc(/C=N/NC(=O)CN(c3ccc(C)cc3C)S(=O)(=O)c3ccccc3)c2C)c1. The lowest BCUT2D eigenvalue weighted by Crippen LogP contribution is -2.40. The van der Waals surface area contributed by atoms with Crippen molar-refractivity contribution in [1.29, 1.82) is 0 Å². The van der Waals surface area contributed by atoms with Crippen LogP contribution in [-0.2, 0) is 14.8 Å². The van der Waals surface area contributed by atoms with Gasteiger partial charge in [0.25, 0.3) is 15.9 Å². The van der Waals surface area contributed by atoms with Gasteiger partial charge in [0.05, 0.1) is 16.8 Å². The van der Waals surface area contributed by atoms with Crippen LogP contribution in [0, 0.1) is 41.5 Å². The smallest absolute Gasteiger partial charge is 0.264 e. The summed E-state index contributed by atoms with van der Waals surface area (Å²) in [5, 5.41) is 4.16. The van der Waals surface area contributed by atoms with Gasteiger partial charge < -0.3 is 4.57 Å². The van der Waals surface area contributed by atoms with Gasteiger partial charge in [-0.15, -0.1) is 0 Å². The monoisotopic (exact) mass is 542 g/mol. The average molecular weight is 543 g/mol. The van der Waals surface area contributed by atoms with E-state index in [-0.39, 0.29) is 4.90 Å². The predicted molar refractivity (Wildman–Crippen MR) is 157 cm³/mol. The molecule has 0 bridgehead atoms. The number of hydrazone groups is 1. The Morgan fingerprint density at radius 2 is 1.54 bits per heavy atom. The van der Waals surface area contributed by atoms with Crippen molar-refractivity contribution in [2.24, 2.45) is 5.10 Å². The van der Waals surface area contributed by atoms with Crippen LogP contribution in [0.1, 0.15) is 39.2 Å². The number of anilines is 1. The van der Waals surface area contributed by atoms with E-state index >= 15 is 0 Å². The number of sulfonamides is 1.